The highest BCUT2D eigenvalue weighted by Crippen LogP contribution is 2.24. The Labute approximate surface area is 125 Å². The SMILES string of the molecule is CN(C(=O)c1cc(N)nc(C(C)(C)C)c1)c1ccccc1. The quantitative estimate of drug-likeness (QED) is 0.920. The first kappa shape index (κ1) is 15.0. The summed E-state index contributed by atoms with van der Waals surface area (Å²) < 4.78 is 0. The molecule has 1 amide bonds. The number of aromatic nitrogens is 1. The zero-order valence-electron chi connectivity index (χ0n) is 12.9. The normalized spacial score (nSPS) is 11.2. The van der Waals surface area contributed by atoms with Crippen molar-refractivity contribution < 1.29 is 4.79 Å². The Hall–Kier alpha value is -2.36. The van der Waals surface area contributed by atoms with Crippen molar-refractivity contribution in [2.75, 3.05) is 17.7 Å². The number of hydrogen-bond acceptors (Lipinski definition) is 3. The molecule has 0 bridgehead atoms. The largest absolute Gasteiger partial charge is 0.384 e. The third-order valence-corrected chi connectivity index (χ3v) is 3.31. The Kier molecular flexibility index (Phi) is 3.98. The van der Waals surface area contributed by atoms with Gasteiger partial charge in [-0.2, -0.15) is 0 Å². The smallest absolute Gasteiger partial charge is 0.258 e. The molecule has 0 spiro atoms. The number of rotatable bonds is 2. The molecular weight excluding hydrogens is 262 g/mol. The minimum absolute atomic E-state index is 0.0965. The Balaban J connectivity index is 2.38. The van der Waals surface area contributed by atoms with E-state index in [1.807, 2.05) is 57.2 Å². The van der Waals surface area contributed by atoms with E-state index in [2.05, 4.69) is 4.98 Å². The number of carbonyl (C=O) groups excluding carboxylic acids is 1. The van der Waals surface area contributed by atoms with Crippen LogP contribution in [0.3, 0.4) is 0 Å². The molecule has 4 nitrogen and oxygen atoms in total. The molecule has 2 aromatic rings. The topological polar surface area (TPSA) is 59.2 Å². The average Bonchev–Trinajstić information content (AvgIpc) is 2.45. The predicted molar refractivity (Wildman–Crippen MR) is 86.5 cm³/mol. The number of carbonyl (C=O) groups is 1. The van der Waals surface area contributed by atoms with Crippen molar-refractivity contribution in [2.45, 2.75) is 26.2 Å². The van der Waals surface area contributed by atoms with Gasteiger partial charge in [-0.05, 0) is 24.3 Å². The van der Waals surface area contributed by atoms with Crippen molar-refractivity contribution >= 4 is 17.4 Å². The highest BCUT2D eigenvalue weighted by Gasteiger charge is 2.20. The molecule has 21 heavy (non-hydrogen) atoms. The minimum atomic E-state index is -0.157. The van der Waals surface area contributed by atoms with Crippen LogP contribution in [0.25, 0.3) is 0 Å². The Morgan fingerprint density at radius 3 is 2.33 bits per heavy atom. The maximum atomic E-state index is 12.6. The van der Waals surface area contributed by atoms with Gasteiger partial charge in [0.25, 0.3) is 5.91 Å². The monoisotopic (exact) mass is 283 g/mol. The first-order valence-electron chi connectivity index (χ1n) is 6.90. The highest BCUT2D eigenvalue weighted by atomic mass is 16.2. The van der Waals surface area contributed by atoms with E-state index in [1.54, 1.807) is 18.0 Å². The van der Waals surface area contributed by atoms with E-state index in [1.165, 1.54) is 0 Å². The van der Waals surface area contributed by atoms with Gasteiger partial charge in [-0.15, -0.1) is 0 Å². The van der Waals surface area contributed by atoms with Crippen LogP contribution in [0.2, 0.25) is 0 Å². The Bertz CT molecular complexity index is 645. The number of nitrogen functional groups attached to an aromatic ring is 1. The number of nitrogens with two attached hydrogens (primary N) is 1. The van der Waals surface area contributed by atoms with Gasteiger partial charge in [0, 0.05) is 29.4 Å². The summed E-state index contributed by atoms with van der Waals surface area (Å²) >= 11 is 0. The van der Waals surface area contributed by atoms with Gasteiger partial charge in [0.1, 0.15) is 5.82 Å². The van der Waals surface area contributed by atoms with Crippen molar-refractivity contribution in [2.24, 2.45) is 0 Å². The van der Waals surface area contributed by atoms with Gasteiger partial charge in [0.2, 0.25) is 0 Å². The Morgan fingerprint density at radius 2 is 1.76 bits per heavy atom. The second kappa shape index (κ2) is 5.56. The van der Waals surface area contributed by atoms with Crippen molar-refractivity contribution in [3.8, 4) is 0 Å². The first-order chi connectivity index (χ1) is 9.79. The number of nitrogens with zero attached hydrogens (tertiary/aromatic N) is 2. The number of pyridine rings is 1. The van der Waals surface area contributed by atoms with Crippen LogP contribution in [0.1, 0.15) is 36.8 Å². The van der Waals surface area contributed by atoms with E-state index in [4.69, 9.17) is 5.73 Å². The molecule has 1 heterocycles. The van der Waals surface area contributed by atoms with Crippen molar-refractivity contribution in [3.05, 3.63) is 53.7 Å². The zero-order chi connectivity index (χ0) is 15.6. The fraction of sp³-hybridized carbons (Fsp3) is 0.294. The maximum Gasteiger partial charge on any atom is 0.258 e. The number of para-hydroxylation sites is 1. The molecule has 1 aromatic heterocycles. The van der Waals surface area contributed by atoms with E-state index in [-0.39, 0.29) is 11.3 Å². The molecule has 0 aliphatic carbocycles. The van der Waals surface area contributed by atoms with E-state index in [0.29, 0.717) is 11.4 Å². The van der Waals surface area contributed by atoms with Crippen LogP contribution < -0.4 is 10.6 Å². The maximum absolute atomic E-state index is 12.6. The van der Waals surface area contributed by atoms with Crippen LogP contribution in [-0.2, 0) is 5.41 Å². The summed E-state index contributed by atoms with van der Waals surface area (Å²) in [5.74, 6) is 0.271. The van der Waals surface area contributed by atoms with Gasteiger partial charge in [-0.25, -0.2) is 4.98 Å². The van der Waals surface area contributed by atoms with Crippen LogP contribution in [-0.4, -0.2) is 17.9 Å². The van der Waals surface area contributed by atoms with Crippen LogP contribution >= 0.6 is 0 Å². The molecule has 0 radical (unpaired) electrons. The molecule has 0 saturated heterocycles. The lowest BCUT2D eigenvalue weighted by Gasteiger charge is -2.21. The van der Waals surface area contributed by atoms with E-state index < -0.39 is 0 Å². The van der Waals surface area contributed by atoms with Crippen molar-refractivity contribution in [1.82, 2.24) is 4.98 Å². The summed E-state index contributed by atoms with van der Waals surface area (Å²) in [6.07, 6.45) is 0. The zero-order valence-corrected chi connectivity index (χ0v) is 12.9. The molecule has 0 aliphatic rings. The molecule has 2 rings (SSSR count). The summed E-state index contributed by atoms with van der Waals surface area (Å²) in [7, 11) is 1.76. The number of benzene rings is 1. The fourth-order valence-corrected chi connectivity index (χ4v) is 2.02. The fourth-order valence-electron chi connectivity index (χ4n) is 2.02. The molecular formula is C17H21N3O. The highest BCUT2D eigenvalue weighted by molar-refractivity contribution is 6.06. The molecule has 4 heteroatoms. The number of anilines is 2. The standard InChI is InChI=1S/C17H21N3O/c1-17(2,3)14-10-12(11-15(18)19-14)16(21)20(4)13-8-6-5-7-9-13/h5-11H,1-4H3,(H2,18,19). The second-order valence-corrected chi connectivity index (χ2v) is 6.12. The lowest BCUT2D eigenvalue weighted by molar-refractivity contribution is 0.0993. The summed E-state index contributed by atoms with van der Waals surface area (Å²) in [4.78, 5) is 18.6. The second-order valence-electron chi connectivity index (χ2n) is 6.12. The van der Waals surface area contributed by atoms with E-state index in [9.17, 15) is 4.79 Å². The minimum Gasteiger partial charge on any atom is -0.384 e. The molecule has 0 saturated carbocycles. The van der Waals surface area contributed by atoms with Crippen molar-refractivity contribution in [3.63, 3.8) is 0 Å². The van der Waals surface area contributed by atoms with Gasteiger partial charge in [0.15, 0.2) is 0 Å². The third kappa shape index (κ3) is 3.40. The van der Waals surface area contributed by atoms with E-state index in [0.717, 1.165) is 11.4 Å². The lowest BCUT2D eigenvalue weighted by atomic mass is 9.90. The van der Waals surface area contributed by atoms with Crippen molar-refractivity contribution in [1.29, 1.82) is 0 Å². The number of hydrogen-bond donors (Lipinski definition) is 1. The number of amides is 1. The molecule has 1 aromatic carbocycles. The van der Waals surface area contributed by atoms with Gasteiger partial charge < -0.3 is 10.6 Å². The van der Waals surface area contributed by atoms with Crippen LogP contribution in [0, 0.1) is 0 Å². The lowest BCUT2D eigenvalue weighted by Crippen LogP contribution is -2.27. The molecule has 0 atom stereocenters. The molecule has 0 aliphatic heterocycles. The third-order valence-electron chi connectivity index (χ3n) is 3.31. The molecule has 110 valence electrons. The first-order valence-corrected chi connectivity index (χ1v) is 6.90. The van der Waals surface area contributed by atoms with Gasteiger partial charge >= 0.3 is 0 Å². The van der Waals surface area contributed by atoms with Gasteiger partial charge in [-0.3, -0.25) is 4.79 Å². The summed E-state index contributed by atoms with van der Waals surface area (Å²) in [5.41, 5.74) is 7.90. The Morgan fingerprint density at radius 1 is 1.14 bits per heavy atom. The predicted octanol–water partition coefficient (Wildman–Crippen LogP) is 3.24. The summed E-state index contributed by atoms with van der Waals surface area (Å²) in [6.45, 7) is 6.14. The van der Waals surface area contributed by atoms with Gasteiger partial charge in [-0.1, -0.05) is 39.0 Å². The van der Waals surface area contributed by atoms with Crippen LogP contribution in [0.15, 0.2) is 42.5 Å². The molecule has 0 fully saturated rings. The van der Waals surface area contributed by atoms with Crippen LogP contribution in [0.5, 0.6) is 0 Å². The molecule has 2 N–H and O–H groups in total. The van der Waals surface area contributed by atoms with Gasteiger partial charge in [0.05, 0.1) is 0 Å². The van der Waals surface area contributed by atoms with Crippen LogP contribution in [0.4, 0.5) is 11.5 Å². The summed E-state index contributed by atoms with van der Waals surface area (Å²) in [6, 6.07) is 13.0. The average molecular weight is 283 g/mol. The molecule has 0 unspecified atom stereocenters. The van der Waals surface area contributed by atoms with E-state index >= 15 is 0 Å². The summed E-state index contributed by atoms with van der Waals surface area (Å²) in [5, 5.41) is 0.